The number of amides is 1. The Bertz CT molecular complexity index is 1850. The molecule has 0 radical (unpaired) electrons. The van der Waals surface area contributed by atoms with Crippen LogP contribution in [0.3, 0.4) is 0 Å². The van der Waals surface area contributed by atoms with Gasteiger partial charge in [0.15, 0.2) is 11.5 Å². The molecule has 1 unspecified atom stereocenters. The fraction of sp³-hybridized carbons (Fsp3) is 0.436. The van der Waals surface area contributed by atoms with Crippen molar-refractivity contribution in [3.63, 3.8) is 0 Å². The molecule has 0 spiro atoms. The molecule has 4 aromatic rings. The van der Waals surface area contributed by atoms with Crippen molar-refractivity contribution in [3.05, 3.63) is 87.4 Å². The van der Waals surface area contributed by atoms with E-state index in [0.29, 0.717) is 45.9 Å². The highest BCUT2D eigenvalue weighted by Gasteiger charge is 2.42. The molecule has 1 aromatic heterocycles. The molecule has 0 aliphatic carbocycles. The number of methoxy groups -OCH3 is 3. The molecule has 3 aromatic carbocycles. The Balaban J connectivity index is 1.21. The van der Waals surface area contributed by atoms with Crippen LogP contribution in [0.15, 0.2) is 66.2 Å². The topological polar surface area (TPSA) is 72.3 Å². The number of imidazole rings is 1. The zero-order valence-corrected chi connectivity index (χ0v) is 31.2. The molecule has 1 atom stereocenters. The fourth-order valence-corrected chi connectivity index (χ4v) is 7.67. The highest BCUT2D eigenvalue weighted by Crippen LogP contribution is 2.42. The molecule has 0 N–H and O–H groups in total. The van der Waals surface area contributed by atoms with Crippen molar-refractivity contribution < 1.29 is 19.0 Å². The molecule has 1 amide bonds. The number of benzene rings is 3. The van der Waals surface area contributed by atoms with Crippen molar-refractivity contribution in [2.75, 3.05) is 72.0 Å². The first-order valence-electron chi connectivity index (χ1n) is 17.3. The predicted molar refractivity (Wildman–Crippen MR) is 202 cm³/mol. The first kappa shape index (κ1) is 35.9. The summed E-state index contributed by atoms with van der Waals surface area (Å²) in [6.45, 7) is 10.9. The Kier molecular flexibility index (Phi) is 11.2. The highest BCUT2D eigenvalue weighted by atomic mass is 35.5. The molecule has 3 heterocycles. The Hall–Kier alpha value is -3.92. The first-order chi connectivity index (χ1) is 24.2. The molecule has 2 aliphatic rings. The summed E-state index contributed by atoms with van der Waals surface area (Å²) in [5, 5.41) is 1.05. The van der Waals surface area contributed by atoms with Gasteiger partial charge in [-0.1, -0.05) is 53.1 Å². The van der Waals surface area contributed by atoms with E-state index < -0.39 is 0 Å². The second-order valence-electron chi connectivity index (χ2n) is 13.5. The highest BCUT2D eigenvalue weighted by molar-refractivity contribution is 6.42. The summed E-state index contributed by atoms with van der Waals surface area (Å²) in [6, 6.07) is 17.8. The smallest absolute Gasteiger partial charge is 0.254 e. The number of para-hydroxylation sites is 2. The number of hydrogen-bond donors (Lipinski definition) is 0. The van der Waals surface area contributed by atoms with E-state index in [9.17, 15) is 4.79 Å². The molecule has 11 heteroatoms. The van der Waals surface area contributed by atoms with E-state index >= 15 is 0 Å². The third kappa shape index (κ3) is 7.41. The van der Waals surface area contributed by atoms with Crippen molar-refractivity contribution in [1.29, 1.82) is 0 Å². The van der Waals surface area contributed by atoms with Gasteiger partial charge in [-0.05, 0) is 88.2 Å². The van der Waals surface area contributed by atoms with Gasteiger partial charge >= 0.3 is 0 Å². The number of carbonyl (C=O) groups excluding carboxylic acids is 1. The second kappa shape index (κ2) is 15.5. The van der Waals surface area contributed by atoms with E-state index in [0.717, 1.165) is 81.1 Å². The van der Waals surface area contributed by atoms with Crippen LogP contribution >= 0.6 is 23.2 Å². The lowest BCUT2D eigenvalue weighted by Gasteiger charge is -2.33. The number of likely N-dealkylation sites (tertiary alicyclic amines) is 1. The third-order valence-electron chi connectivity index (χ3n) is 10.2. The summed E-state index contributed by atoms with van der Waals surface area (Å²) in [5.41, 5.74) is 4.80. The fourth-order valence-electron chi connectivity index (χ4n) is 7.37. The summed E-state index contributed by atoms with van der Waals surface area (Å²) in [6.07, 6.45) is 5.00. The van der Waals surface area contributed by atoms with Crippen LogP contribution in [0.25, 0.3) is 11.0 Å². The SMILES string of the molecule is COc1cc(C(=O)N2CCC(CCN3CCCN(c4nc5ccccc5n4CC=C(C)C)CC3)(c3ccc(Cl)c(Cl)c3)C2)cc(OC)c1OC. The molecule has 0 bridgehead atoms. The van der Waals surface area contributed by atoms with E-state index in [1.807, 2.05) is 17.0 Å². The van der Waals surface area contributed by atoms with Gasteiger partial charge < -0.3 is 33.5 Å². The quantitative estimate of drug-likeness (QED) is 0.147. The van der Waals surface area contributed by atoms with Crippen molar-refractivity contribution in [2.24, 2.45) is 0 Å². The minimum absolute atomic E-state index is 0.0763. The summed E-state index contributed by atoms with van der Waals surface area (Å²) < 4.78 is 18.9. The van der Waals surface area contributed by atoms with Crippen molar-refractivity contribution in [3.8, 4) is 17.2 Å². The van der Waals surface area contributed by atoms with Crippen LogP contribution in [-0.2, 0) is 12.0 Å². The minimum Gasteiger partial charge on any atom is -0.493 e. The molecule has 9 nitrogen and oxygen atoms in total. The van der Waals surface area contributed by atoms with Gasteiger partial charge in [0, 0.05) is 50.2 Å². The van der Waals surface area contributed by atoms with Crippen LogP contribution in [0, 0.1) is 0 Å². The van der Waals surface area contributed by atoms with E-state index in [4.69, 9.17) is 42.4 Å². The van der Waals surface area contributed by atoms with Crippen LogP contribution in [0.4, 0.5) is 5.95 Å². The Morgan fingerprint density at radius 2 is 1.66 bits per heavy atom. The van der Waals surface area contributed by atoms with Crippen molar-refractivity contribution >= 4 is 46.1 Å². The van der Waals surface area contributed by atoms with Gasteiger partial charge in [-0.2, -0.15) is 0 Å². The minimum atomic E-state index is -0.283. The Labute approximate surface area is 305 Å². The Morgan fingerprint density at radius 3 is 2.36 bits per heavy atom. The third-order valence-corrected chi connectivity index (χ3v) is 10.9. The Morgan fingerprint density at radius 1 is 0.900 bits per heavy atom. The van der Waals surface area contributed by atoms with Gasteiger partial charge in [0.1, 0.15) is 0 Å². The summed E-state index contributed by atoms with van der Waals surface area (Å²) in [7, 11) is 4.66. The second-order valence-corrected chi connectivity index (χ2v) is 14.3. The molecule has 6 rings (SSSR count). The number of fused-ring (bicyclic) bond motifs is 1. The molecular weight excluding hydrogens is 673 g/mol. The first-order valence-corrected chi connectivity index (χ1v) is 18.0. The maximum Gasteiger partial charge on any atom is 0.254 e. The molecule has 0 saturated carbocycles. The summed E-state index contributed by atoms with van der Waals surface area (Å²) in [5.74, 6) is 2.32. The van der Waals surface area contributed by atoms with Crippen molar-refractivity contribution in [1.82, 2.24) is 19.4 Å². The number of anilines is 1. The van der Waals surface area contributed by atoms with Crippen LogP contribution in [0.5, 0.6) is 17.2 Å². The average molecular weight is 721 g/mol. The van der Waals surface area contributed by atoms with Crippen LogP contribution < -0.4 is 19.1 Å². The number of hydrogen-bond acceptors (Lipinski definition) is 7. The van der Waals surface area contributed by atoms with E-state index in [1.165, 1.54) is 5.57 Å². The average Bonchev–Trinajstić information content (AvgIpc) is 3.65. The standard InChI is InChI=1S/C39H47Cl2N5O4/c1-27(2)13-18-46-33-10-7-6-9-32(33)42-38(46)44-17-8-16-43(21-22-44)19-14-39(29-11-12-30(40)31(41)25-29)15-20-45(26-39)37(47)28-23-34(48-3)36(50-5)35(24-28)49-4/h6-7,9-13,23-25H,8,14-22,26H2,1-5H3. The maximum absolute atomic E-state index is 14.0. The molecule has 2 aliphatic heterocycles. The number of allylic oxidation sites excluding steroid dienone is 2. The lowest BCUT2D eigenvalue weighted by Crippen LogP contribution is -2.39. The molecule has 266 valence electrons. The molecule has 50 heavy (non-hydrogen) atoms. The lowest BCUT2D eigenvalue weighted by atomic mass is 9.76. The number of aromatic nitrogens is 2. The zero-order valence-electron chi connectivity index (χ0n) is 29.7. The molecular formula is C39H47Cl2N5O4. The lowest BCUT2D eigenvalue weighted by molar-refractivity contribution is 0.0780. The maximum atomic E-state index is 14.0. The van der Waals surface area contributed by atoms with Crippen molar-refractivity contribution in [2.45, 2.75) is 45.1 Å². The van der Waals surface area contributed by atoms with Gasteiger partial charge in [0.2, 0.25) is 11.7 Å². The van der Waals surface area contributed by atoms with Crippen LogP contribution in [-0.4, -0.2) is 92.4 Å². The monoisotopic (exact) mass is 719 g/mol. The normalized spacial score (nSPS) is 18.3. The summed E-state index contributed by atoms with van der Waals surface area (Å²) in [4.78, 5) is 26.1. The summed E-state index contributed by atoms with van der Waals surface area (Å²) >= 11 is 13.0. The largest absolute Gasteiger partial charge is 0.493 e. The van der Waals surface area contributed by atoms with Crippen LogP contribution in [0.2, 0.25) is 10.0 Å². The van der Waals surface area contributed by atoms with Gasteiger partial charge in [-0.25, -0.2) is 4.98 Å². The number of ether oxygens (including phenoxy) is 3. The van der Waals surface area contributed by atoms with E-state index in [-0.39, 0.29) is 11.3 Å². The number of halogens is 2. The van der Waals surface area contributed by atoms with E-state index in [1.54, 1.807) is 33.5 Å². The predicted octanol–water partition coefficient (Wildman–Crippen LogP) is 7.72. The number of carbonyl (C=O) groups is 1. The van der Waals surface area contributed by atoms with Gasteiger partial charge in [-0.3, -0.25) is 4.79 Å². The van der Waals surface area contributed by atoms with Gasteiger partial charge in [-0.15, -0.1) is 0 Å². The molecule has 2 fully saturated rings. The molecule has 2 saturated heterocycles. The number of rotatable bonds is 11. The van der Waals surface area contributed by atoms with Crippen LogP contribution in [0.1, 0.15) is 49.0 Å². The van der Waals surface area contributed by atoms with E-state index in [2.05, 4.69) is 64.6 Å². The van der Waals surface area contributed by atoms with Gasteiger partial charge in [0.05, 0.1) is 42.4 Å². The number of nitrogens with zero attached hydrogens (tertiary/aromatic N) is 5. The van der Waals surface area contributed by atoms with Gasteiger partial charge in [0.25, 0.3) is 5.91 Å². The zero-order chi connectivity index (χ0) is 35.4.